The second kappa shape index (κ2) is 9.50. The van der Waals surface area contributed by atoms with Gasteiger partial charge in [-0.05, 0) is 39.6 Å². The Morgan fingerprint density at radius 1 is 1.18 bits per heavy atom. The van der Waals surface area contributed by atoms with Crippen molar-refractivity contribution in [2.45, 2.75) is 19.9 Å². The number of aromatic amines is 1. The van der Waals surface area contributed by atoms with Crippen molar-refractivity contribution in [2.24, 2.45) is 0 Å². The normalized spacial score (nSPS) is 17.7. The van der Waals surface area contributed by atoms with E-state index in [0.717, 1.165) is 0 Å². The van der Waals surface area contributed by atoms with Crippen LogP contribution < -0.4 is 4.74 Å². The number of nitrogens with zero attached hydrogens (tertiary/aromatic N) is 2. The number of H-pyrrole nitrogens is 1. The number of ether oxygens (including phenoxy) is 2. The van der Waals surface area contributed by atoms with Gasteiger partial charge in [0.15, 0.2) is 0 Å². The monoisotopic (exact) mass is 455 g/mol. The lowest BCUT2D eigenvalue weighted by Gasteiger charge is -2.27. The quantitative estimate of drug-likeness (QED) is 0.285. The second-order valence-electron chi connectivity index (χ2n) is 8.15. The molecule has 1 fully saturated rings. The summed E-state index contributed by atoms with van der Waals surface area (Å²) in [4.78, 5) is 44.7. The van der Waals surface area contributed by atoms with E-state index in [1.54, 1.807) is 38.1 Å². The third kappa shape index (κ3) is 4.23. The molecule has 0 aliphatic carbocycles. The number of likely N-dealkylation sites (tertiary alicyclic amines) is 1. The predicted octanol–water partition coefficient (Wildman–Crippen LogP) is 2.41. The van der Waals surface area contributed by atoms with Crippen LogP contribution in [0.4, 0.5) is 0 Å². The number of aliphatic hydroxyl groups excluding tert-OH is 1. The standard InChI is InChI=1S/C24H29N3O6/c1-13-17(14(2)25-19(13)24(31)33-6)21(28)18-20(15-9-7-8-10-16(15)32-5)27(12-11-26(3)4)23(30)22(18)29/h7-10,20,25,28H,11-12H2,1-6H3. The highest BCUT2D eigenvalue weighted by Crippen LogP contribution is 2.43. The van der Waals surface area contributed by atoms with Crippen LogP contribution in [0.3, 0.4) is 0 Å². The lowest BCUT2D eigenvalue weighted by molar-refractivity contribution is -0.140. The fourth-order valence-corrected chi connectivity index (χ4v) is 4.18. The van der Waals surface area contributed by atoms with Crippen molar-refractivity contribution in [2.75, 3.05) is 41.4 Å². The molecule has 2 heterocycles. The van der Waals surface area contributed by atoms with Gasteiger partial charge in [-0.3, -0.25) is 9.59 Å². The summed E-state index contributed by atoms with van der Waals surface area (Å²) in [6.07, 6.45) is 0. The van der Waals surface area contributed by atoms with Gasteiger partial charge >= 0.3 is 5.97 Å². The van der Waals surface area contributed by atoms with E-state index in [2.05, 4.69) is 4.98 Å². The number of hydrogen-bond acceptors (Lipinski definition) is 7. The lowest BCUT2D eigenvalue weighted by Crippen LogP contribution is -2.35. The topological polar surface area (TPSA) is 112 Å². The minimum atomic E-state index is -0.851. The number of benzene rings is 1. The van der Waals surface area contributed by atoms with Crippen LogP contribution in [0.25, 0.3) is 5.76 Å². The maximum absolute atomic E-state index is 13.2. The number of Topliss-reactive ketones (excluding diaryl/α,β-unsaturated/α-hetero) is 1. The highest BCUT2D eigenvalue weighted by atomic mass is 16.5. The van der Waals surface area contributed by atoms with Crippen molar-refractivity contribution in [1.29, 1.82) is 0 Å². The van der Waals surface area contributed by atoms with Crippen molar-refractivity contribution in [3.05, 3.63) is 57.9 Å². The first-order chi connectivity index (χ1) is 15.6. The van der Waals surface area contributed by atoms with Gasteiger partial charge in [-0.2, -0.15) is 0 Å². The molecule has 0 spiro atoms. The number of aryl methyl sites for hydroxylation is 1. The number of amides is 1. The van der Waals surface area contributed by atoms with Gasteiger partial charge in [-0.1, -0.05) is 18.2 Å². The Kier molecular flexibility index (Phi) is 6.92. The predicted molar refractivity (Wildman–Crippen MR) is 122 cm³/mol. The van der Waals surface area contributed by atoms with E-state index in [9.17, 15) is 19.5 Å². The Morgan fingerprint density at radius 3 is 2.45 bits per heavy atom. The number of rotatable bonds is 7. The Hall–Kier alpha value is -3.59. The molecule has 1 saturated heterocycles. The van der Waals surface area contributed by atoms with Gasteiger partial charge in [-0.15, -0.1) is 0 Å². The number of carbonyl (C=O) groups is 3. The van der Waals surface area contributed by atoms with Crippen LogP contribution in [0.1, 0.15) is 38.9 Å². The summed E-state index contributed by atoms with van der Waals surface area (Å²) in [7, 11) is 6.51. The number of ketones is 1. The van der Waals surface area contributed by atoms with E-state index in [4.69, 9.17) is 9.47 Å². The number of aliphatic hydroxyl groups is 1. The number of para-hydroxylation sites is 1. The number of esters is 1. The number of aromatic nitrogens is 1. The molecule has 2 aromatic rings. The van der Waals surface area contributed by atoms with E-state index in [-0.39, 0.29) is 23.6 Å². The highest BCUT2D eigenvalue weighted by Gasteiger charge is 2.47. The largest absolute Gasteiger partial charge is 0.507 e. The fraction of sp³-hybridized carbons (Fsp3) is 0.375. The number of likely N-dealkylation sites (N-methyl/N-ethyl adjacent to an activating group) is 1. The van der Waals surface area contributed by atoms with Gasteiger partial charge in [0, 0.05) is 29.9 Å². The van der Waals surface area contributed by atoms with Crippen LogP contribution in [0.15, 0.2) is 29.8 Å². The molecule has 9 heteroatoms. The van der Waals surface area contributed by atoms with Crippen LogP contribution in [-0.4, -0.2) is 79.0 Å². The first kappa shape index (κ1) is 24.1. The van der Waals surface area contributed by atoms with E-state index in [1.165, 1.54) is 19.1 Å². The molecule has 1 aromatic carbocycles. The van der Waals surface area contributed by atoms with Crippen molar-refractivity contribution in [3.8, 4) is 5.75 Å². The summed E-state index contributed by atoms with van der Waals surface area (Å²) < 4.78 is 10.3. The molecular weight excluding hydrogens is 426 g/mol. The van der Waals surface area contributed by atoms with Crippen molar-refractivity contribution in [3.63, 3.8) is 0 Å². The summed E-state index contributed by atoms with van der Waals surface area (Å²) in [5.41, 5.74) is 1.90. The van der Waals surface area contributed by atoms with Gasteiger partial charge < -0.3 is 29.4 Å². The summed E-state index contributed by atoms with van der Waals surface area (Å²) in [5.74, 6) is -1.95. The first-order valence-electron chi connectivity index (χ1n) is 10.5. The lowest BCUT2D eigenvalue weighted by atomic mass is 9.93. The number of methoxy groups -OCH3 is 2. The minimum Gasteiger partial charge on any atom is -0.507 e. The Balaban J connectivity index is 2.26. The van der Waals surface area contributed by atoms with Gasteiger partial charge in [0.2, 0.25) is 0 Å². The van der Waals surface area contributed by atoms with Crippen LogP contribution in [-0.2, 0) is 14.3 Å². The van der Waals surface area contributed by atoms with E-state index in [1.807, 2.05) is 19.0 Å². The van der Waals surface area contributed by atoms with Gasteiger partial charge in [0.05, 0.1) is 25.8 Å². The summed E-state index contributed by atoms with van der Waals surface area (Å²) in [6.45, 7) is 4.11. The number of carbonyl (C=O) groups excluding carboxylic acids is 3. The second-order valence-corrected chi connectivity index (χ2v) is 8.15. The molecule has 1 aliphatic rings. The highest BCUT2D eigenvalue weighted by molar-refractivity contribution is 6.46. The summed E-state index contributed by atoms with van der Waals surface area (Å²) in [5, 5.41) is 11.4. The summed E-state index contributed by atoms with van der Waals surface area (Å²) >= 11 is 0. The van der Waals surface area contributed by atoms with E-state index >= 15 is 0 Å². The van der Waals surface area contributed by atoms with Gasteiger partial charge in [-0.25, -0.2) is 4.79 Å². The molecule has 1 atom stereocenters. The molecule has 0 bridgehead atoms. The molecule has 1 aliphatic heterocycles. The SMILES string of the molecule is COC(=O)c1[nH]c(C)c(C(O)=C2C(=O)C(=O)N(CCN(C)C)C2c2ccccc2OC)c1C. The average molecular weight is 456 g/mol. The van der Waals surface area contributed by atoms with Crippen molar-refractivity contribution in [1.82, 2.24) is 14.8 Å². The van der Waals surface area contributed by atoms with Crippen LogP contribution in [0.5, 0.6) is 5.75 Å². The Morgan fingerprint density at radius 2 is 1.85 bits per heavy atom. The van der Waals surface area contributed by atoms with E-state index < -0.39 is 23.7 Å². The molecule has 0 saturated carbocycles. The molecular formula is C24H29N3O6. The minimum absolute atomic E-state index is 0.0510. The van der Waals surface area contributed by atoms with E-state index in [0.29, 0.717) is 34.7 Å². The van der Waals surface area contributed by atoms with Crippen molar-refractivity contribution < 1.29 is 29.0 Å². The third-order valence-corrected chi connectivity index (χ3v) is 5.83. The maximum atomic E-state index is 13.2. The molecule has 176 valence electrons. The molecule has 33 heavy (non-hydrogen) atoms. The molecule has 1 unspecified atom stereocenters. The molecule has 3 rings (SSSR count). The van der Waals surface area contributed by atoms with Gasteiger partial charge in [0.1, 0.15) is 17.2 Å². The summed E-state index contributed by atoms with van der Waals surface area (Å²) in [6, 6.07) is 6.23. The molecule has 2 N–H and O–H groups in total. The molecule has 9 nitrogen and oxygen atoms in total. The van der Waals surface area contributed by atoms with Gasteiger partial charge in [0.25, 0.3) is 11.7 Å². The smallest absolute Gasteiger partial charge is 0.354 e. The number of hydrogen-bond donors (Lipinski definition) is 2. The zero-order valence-corrected chi connectivity index (χ0v) is 19.7. The molecule has 0 radical (unpaired) electrons. The fourth-order valence-electron chi connectivity index (χ4n) is 4.18. The Bertz CT molecular complexity index is 1130. The van der Waals surface area contributed by atoms with Crippen LogP contribution >= 0.6 is 0 Å². The molecule has 1 amide bonds. The maximum Gasteiger partial charge on any atom is 0.354 e. The van der Waals surface area contributed by atoms with Crippen LogP contribution in [0.2, 0.25) is 0 Å². The third-order valence-electron chi connectivity index (χ3n) is 5.83. The zero-order chi connectivity index (χ0) is 24.4. The Labute approximate surface area is 192 Å². The first-order valence-corrected chi connectivity index (χ1v) is 10.5. The van der Waals surface area contributed by atoms with Crippen LogP contribution in [0, 0.1) is 13.8 Å². The number of nitrogens with one attached hydrogen (secondary N) is 1. The van der Waals surface area contributed by atoms with Crippen molar-refractivity contribution >= 4 is 23.4 Å². The average Bonchev–Trinajstić information content (AvgIpc) is 3.23. The molecule has 1 aromatic heterocycles. The zero-order valence-electron chi connectivity index (χ0n) is 19.7.